The van der Waals surface area contributed by atoms with Gasteiger partial charge in [0.2, 0.25) is 0 Å². The van der Waals surface area contributed by atoms with Crippen molar-refractivity contribution in [1.29, 1.82) is 5.26 Å². The maximum Gasteiger partial charge on any atom is 0.272 e. The van der Waals surface area contributed by atoms with Crippen LogP contribution in [0.1, 0.15) is 28.7 Å². The van der Waals surface area contributed by atoms with E-state index in [0.29, 0.717) is 16.8 Å². The normalized spacial score (nSPS) is 19.2. The zero-order chi connectivity index (χ0) is 30.3. The fourth-order valence-corrected chi connectivity index (χ4v) is 7.41. The van der Waals surface area contributed by atoms with Gasteiger partial charge in [-0.25, -0.2) is 13.1 Å². The van der Waals surface area contributed by atoms with Gasteiger partial charge < -0.3 is 0 Å². The van der Waals surface area contributed by atoms with Crippen molar-refractivity contribution in [3.8, 4) is 23.0 Å². The summed E-state index contributed by atoms with van der Waals surface area (Å²) >= 11 is 0. The van der Waals surface area contributed by atoms with Crippen molar-refractivity contribution in [1.82, 2.24) is 14.7 Å². The molecular formula is C34H28N4O4S. The number of para-hydroxylation sites is 1. The highest BCUT2D eigenvalue weighted by atomic mass is 32.2. The number of aryl methyl sites for hydroxylation is 2. The summed E-state index contributed by atoms with van der Waals surface area (Å²) in [5.41, 5.74) is 5.65. The van der Waals surface area contributed by atoms with Crippen LogP contribution in [0.5, 0.6) is 0 Å². The lowest BCUT2D eigenvalue weighted by molar-refractivity contribution is -0.142. The smallest absolute Gasteiger partial charge is 0.270 e. The van der Waals surface area contributed by atoms with Gasteiger partial charge in [0.25, 0.3) is 11.8 Å². The molecule has 0 N–H and O–H groups in total. The van der Waals surface area contributed by atoms with Crippen LogP contribution in [0.3, 0.4) is 0 Å². The highest BCUT2D eigenvalue weighted by Gasteiger charge is 2.45. The zero-order valence-electron chi connectivity index (χ0n) is 23.7. The van der Waals surface area contributed by atoms with E-state index in [4.69, 9.17) is 5.10 Å². The molecule has 1 saturated heterocycles. The average Bonchev–Trinajstić information content (AvgIpc) is 3.59. The molecule has 0 saturated carbocycles. The van der Waals surface area contributed by atoms with Crippen LogP contribution in [-0.2, 0) is 19.4 Å². The molecule has 214 valence electrons. The summed E-state index contributed by atoms with van der Waals surface area (Å²) in [4.78, 5) is 29.0. The van der Waals surface area contributed by atoms with Crippen LogP contribution in [0.25, 0.3) is 28.6 Å². The number of nitrogens with zero attached hydrogens (tertiary/aromatic N) is 4. The number of carbonyl (C=O) groups is 2. The van der Waals surface area contributed by atoms with E-state index in [1.54, 1.807) is 35.0 Å². The van der Waals surface area contributed by atoms with Crippen molar-refractivity contribution in [3.63, 3.8) is 0 Å². The average molecular weight is 589 g/mol. The van der Waals surface area contributed by atoms with Crippen LogP contribution in [0.15, 0.2) is 96.2 Å². The van der Waals surface area contributed by atoms with Crippen molar-refractivity contribution < 1.29 is 18.0 Å². The molecule has 3 heterocycles. The Bertz CT molecular complexity index is 1980. The molecule has 1 unspecified atom stereocenters. The second-order valence-corrected chi connectivity index (χ2v) is 13.1. The molecule has 4 aromatic rings. The van der Waals surface area contributed by atoms with E-state index in [9.17, 15) is 23.3 Å². The Morgan fingerprint density at radius 1 is 0.953 bits per heavy atom. The standard InChI is InChI=1S/C34H28N4O4S/c1-22-13-14-23(2)28(17-22)32-25(20-37(36-32)26-11-7-4-8-12-26)18-29-31(24-9-5-3-6-10-24)30(19-35)34(40)38(33(29)39)27-15-16-43(41,42)21-27/h3-14,17-18,20,27H,15-16,21H2,1-2H3/b29-18-. The minimum Gasteiger partial charge on any atom is -0.270 e. The van der Waals surface area contributed by atoms with Crippen LogP contribution in [0.4, 0.5) is 0 Å². The van der Waals surface area contributed by atoms with E-state index in [1.807, 2.05) is 80.7 Å². The summed E-state index contributed by atoms with van der Waals surface area (Å²) in [6, 6.07) is 25.7. The predicted molar refractivity (Wildman–Crippen MR) is 164 cm³/mol. The molecule has 2 aliphatic heterocycles. The second-order valence-electron chi connectivity index (χ2n) is 10.9. The quantitative estimate of drug-likeness (QED) is 0.238. The minimum atomic E-state index is -3.41. The lowest BCUT2D eigenvalue weighted by Crippen LogP contribution is -2.49. The zero-order valence-corrected chi connectivity index (χ0v) is 24.5. The maximum atomic E-state index is 14.3. The van der Waals surface area contributed by atoms with Crippen molar-refractivity contribution >= 4 is 33.3 Å². The number of benzene rings is 3. The summed E-state index contributed by atoms with van der Waals surface area (Å²) in [6.07, 6.45) is 3.63. The summed E-state index contributed by atoms with van der Waals surface area (Å²) in [6.45, 7) is 3.98. The number of imide groups is 1. The SMILES string of the molecule is Cc1ccc(C)c(-c2nn(-c3ccccc3)cc2/C=C2\C(=O)N(C3CCS(=O)(=O)C3)C(=O)C(C#N)=C2c2ccccc2)c1. The predicted octanol–water partition coefficient (Wildman–Crippen LogP) is 5.07. The molecule has 2 amide bonds. The van der Waals surface area contributed by atoms with Gasteiger partial charge in [-0.05, 0) is 55.7 Å². The summed E-state index contributed by atoms with van der Waals surface area (Å²) in [5, 5.41) is 15.2. The first kappa shape index (κ1) is 28.1. The molecule has 1 aromatic heterocycles. The largest absolute Gasteiger partial charge is 0.272 e. The topological polar surface area (TPSA) is 113 Å². The first-order chi connectivity index (χ1) is 20.7. The molecule has 43 heavy (non-hydrogen) atoms. The van der Waals surface area contributed by atoms with Crippen molar-refractivity contribution in [2.24, 2.45) is 0 Å². The number of carbonyl (C=O) groups excluding carboxylic acids is 2. The molecule has 6 rings (SSSR count). The van der Waals surface area contributed by atoms with Crippen LogP contribution in [0.2, 0.25) is 0 Å². The van der Waals surface area contributed by atoms with Crippen LogP contribution < -0.4 is 0 Å². The Hall–Kier alpha value is -5.07. The number of rotatable bonds is 5. The second kappa shape index (κ2) is 11.0. The molecule has 1 atom stereocenters. The van der Waals surface area contributed by atoms with Gasteiger partial charge in [0.15, 0.2) is 9.84 Å². The lowest BCUT2D eigenvalue weighted by atomic mass is 9.86. The Kier molecular flexibility index (Phi) is 7.16. The Balaban J connectivity index is 1.62. The minimum absolute atomic E-state index is 0.119. The maximum absolute atomic E-state index is 14.3. The third-order valence-electron chi connectivity index (χ3n) is 7.86. The lowest BCUT2D eigenvalue weighted by Gasteiger charge is -2.32. The van der Waals surface area contributed by atoms with Gasteiger partial charge in [0, 0.05) is 22.9 Å². The molecule has 0 aliphatic carbocycles. The number of hydrogen-bond donors (Lipinski definition) is 0. The number of sulfone groups is 1. The Labute approximate surface area is 250 Å². The fraction of sp³-hybridized carbons (Fsp3) is 0.176. The summed E-state index contributed by atoms with van der Waals surface area (Å²) < 4.78 is 26.4. The van der Waals surface area contributed by atoms with Gasteiger partial charge in [0.1, 0.15) is 17.3 Å². The summed E-state index contributed by atoms with van der Waals surface area (Å²) in [5.74, 6) is -1.85. The number of aromatic nitrogens is 2. The van der Waals surface area contributed by atoms with Crippen molar-refractivity contribution in [2.75, 3.05) is 11.5 Å². The highest BCUT2D eigenvalue weighted by molar-refractivity contribution is 7.91. The van der Waals surface area contributed by atoms with Gasteiger partial charge in [-0.3, -0.25) is 14.5 Å². The summed E-state index contributed by atoms with van der Waals surface area (Å²) in [7, 11) is -3.41. The molecule has 0 radical (unpaired) electrons. The molecule has 8 nitrogen and oxygen atoms in total. The first-order valence-electron chi connectivity index (χ1n) is 13.9. The van der Waals surface area contributed by atoms with E-state index < -0.39 is 27.7 Å². The highest BCUT2D eigenvalue weighted by Crippen LogP contribution is 2.38. The van der Waals surface area contributed by atoms with Gasteiger partial charge >= 0.3 is 0 Å². The third-order valence-corrected chi connectivity index (χ3v) is 9.61. The van der Waals surface area contributed by atoms with Crippen molar-refractivity contribution in [3.05, 3.63) is 118 Å². The van der Waals surface area contributed by atoms with Gasteiger partial charge in [-0.15, -0.1) is 0 Å². The Morgan fingerprint density at radius 2 is 1.65 bits per heavy atom. The van der Waals surface area contributed by atoms with E-state index in [1.165, 1.54) is 0 Å². The molecule has 1 fully saturated rings. The number of nitriles is 1. The molecule has 3 aromatic carbocycles. The van der Waals surface area contributed by atoms with Gasteiger partial charge in [-0.1, -0.05) is 66.2 Å². The molecule has 0 spiro atoms. The molecule has 0 bridgehead atoms. The fourth-order valence-electron chi connectivity index (χ4n) is 5.71. The van der Waals surface area contributed by atoms with E-state index in [2.05, 4.69) is 0 Å². The number of hydrogen-bond acceptors (Lipinski definition) is 6. The van der Waals surface area contributed by atoms with Crippen LogP contribution in [-0.4, -0.2) is 52.5 Å². The van der Waals surface area contributed by atoms with Crippen LogP contribution >= 0.6 is 0 Å². The van der Waals surface area contributed by atoms with E-state index in [0.717, 1.165) is 27.3 Å². The van der Waals surface area contributed by atoms with Gasteiger partial charge in [0.05, 0.1) is 28.8 Å². The number of amides is 2. The van der Waals surface area contributed by atoms with E-state index >= 15 is 0 Å². The van der Waals surface area contributed by atoms with Crippen LogP contribution in [0, 0.1) is 25.2 Å². The van der Waals surface area contributed by atoms with E-state index in [-0.39, 0.29) is 34.6 Å². The van der Waals surface area contributed by atoms with Gasteiger partial charge in [-0.2, -0.15) is 10.4 Å². The molecular weight excluding hydrogens is 560 g/mol. The monoisotopic (exact) mass is 588 g/mol. The Morgan fingerprint density at radius 3 is 2.30 bits per heavy atom. The molecule has 2 aliphatic rings. The first-order valence-corrected chi connectivity index (χ1v) is 15.7. The molecule has 9 heteroatoms. The third kappa shape index (κ3) is 5.22. The van der Waals surface area contributed by atoms with Crippen molar-refractivity contribution in [2.45, 2.75) is 26.3 Å².